The molecule has 5 nitrogen and oxygen atoms in total. The van der Waals surface area contributed by atoms with Gasteiger partial charge in [-0.15, -0.1) is 0 Å². The third kappa shape index (κ3) is 7.22. The van der Waals surface area contributed by atoms with Crippen molar-refractivity contribution in [2.75, 3.05) is 12.4 Å². The largest absolute Gasteiger partial charge is 0.464 e. The minimum Gasteiger partial charge on any atom is -0.464 e. The first-order valence-electron chi connectivity index (χ1n) is 9.45. The number of esters is 1. The van der Waals surface area contributed by atoms with Crippen LogP contribution in [0.1, 0.15) is 67.7 Å². The summed E-state index contributed by atoms with van der Waals surface area (Å²) in [5.41, 5.74) is 0.817. The van der Waals surface area contributed by atoms with Gasteiger partial charge in [0.1, 0.15) is 11.6 Å². The Morgan fingerprint density at radius 2 is 2.00 bits per heavy atom. The van der Waals surface area contributed by atoms with Crippen molar-refractivity contribution in [1.82, 2.24) is 5.32 Å². The normalized spacial score (nSPS) is 21.8. The average Bonchev–Trinajstić information content (AvgIpc) is 2.51. The van der Waals surface area contributed by atoms with Crippen molar-refractivity contribution in [1.29, 1.82) is 0 Å². The number of amides is 1. The summed E-state index contributed by atoms with van der Waals surface area (Å²) in [7, 11) is 0. The summed E-state index contributed by atoms with van der Waals surface area (Å²) in [5.74, 6) is 0.539. The monoisotopic (exact) mass is 385 g/mol. The van der Waals surface area contributed by atoms with E-state index in [2.05, 4.69) is 32.2 Å². The molecule has 0 saturated carbocycles. The number of carbonyl (C=O) groups excluding carboxylic acids is 2. The predicted octanol–water partition coefficient (Wildman–Crippen LogP) is 4.70. The number of hydrogen-bond acceptors (Lipinski definition) is 5. The quantitative estimate of drug-likeness (QED) is 0.508. The van der Waals surface area contributed by atoms with Crippen LogP contribution < -0.4 is 5.32 Å². The Morgan fingerprint density at radius 3 is 2.46 bits per heavy atom. The Bertz CT molecular complexity index is 524. The molecule has 0 aromatic heterocycles. The lowest BCUT2D eigenvalue weighted by molar-refractivity contribution is -0.145. The highest BCUT2D eigenvalue weighted by molar-refractivity contribution is 8.00. The smallest absolute Gasteiger partial charge is 0.408 e. The van der Waals surface area contributed by atoms with Crippen LogP contribution in [-0.4, -0.2) is 40.8 Å². The average molecular weight is 386 g/mol. The maximum absolute atomic E-state index is 12.3. The Balaban J connectivity index is 2.81. The van der Waals surface area contributed by atoms with E-state index in [9.17, 15) is 9.59 Å². The Kier molecular flexibility index (Phi) is 8.51. The maximum Gasteiger partial charge on any atom is 0.408 e. The van der Waals surface area contributed by atoms with Gasteiger partial charge in [-0.3, -0.25) is 0 Å². The molecule has 2 atom stereocenters. The molecule has 0 saturated heterocycles. The van der Waals surface area contributed by atoms with Crippen LogP contribution in [0.15, 0.2) is 11.6 Å². The molecule has 1 amide bonds. The van der Waals surface area contributed by atoms with Crippen LogP contribution in [0.4, 0.5) is 4.79 Å². The van der Waals surface area contributed by atoms with E-state index in [4.69, 9.17) is 9.47 Å². The van der Waals surface area contributed by atoms with Crippen LogP contribution >= 0.6 is 11.8 Å². The minimum atomic E-state index is -0.711. The molecule has 0 spiro atoms. The zero-order valence-electron chi connectivity index (χ0n) is 17.3. The lowest BCUT2D eigenvalue weighted by atomic mass is 9.82. The number of thioether (sulfide) groups is 1. The molecule has 6 heteroatoms. The van der Waals surface area contributed by atoms with Crippen LogP contribution in [0.5, 0.6) is 0 Å². The van der Waals surface area contributed by atoms with Gasteiger partial charge < -0.3 is 14.8 Å². The first-order chi connectivity index (χ1) is 12.0. The van der Waals surface area contributed by atoms with Crippen LogP contribution in [0.2, 0.25) is 0 Å². The molecule has 1 N–H and O–H groups in total. The van der Waals surface area contributed by atoms with Crippen molar-refractivity contribution in [3.05, 3.63) is 11.6 Å². The van der Waals surface area contributed by atoms with E-state index in [0.29, 0.717) is 11.7 Å². The van der Waals surface area contributed by atoms with E-state index >= 15 is 0 Å². The molecule has 1 aliphatic rings. The maximum atomic E-state index is 12.3. The predicted molar refractivity (Wildman–Crippen MR) is 107 cm³/mol. The van der Waals surface area contributed by atoms with Crippen molar-refractivity contribution >= 4 is 23.8 Å². The molecule has 0 fully saturated rings. The van der Waals surface area contributed by atoms with Gasteiger partial charge in [-0.2, -0.15) is 11.8 Å². The van der Waals surface area contributed by atoms with Gasteiger partial charge in [-0.25, -0.2) is 9.59 Å². The summed E-state index contributed by atoms with van der Waals surface area (Å²) in [6.07, 6.45) is 4.86. The van der Waals surface area contributed by atoms with Gasteiger partial charge in [0.05, 0.1) is 6.61 Å². The lowest BCUT2D eigenvalue weighted by Crippen LogP contribution is -2.47. The van der Waals surface area contributed by atoms with Gasteiger partial charge in [0.2, 0.25) is 0 Å². The van der Waals surface area contributed by atoms with Crippen molar-refractivity contribution in [3.63, 3.8) is 0 Å². The van der Waals surface area contributed by atoms with Crippen LogP contribution in [0.3, 0.4) is 0 Å². The summed E-state index contributed by atoms with van der Waals surface area (Å²) in [6, 6.07) is -0.711. The van der Waals surface area contributed by atoms with Crippen molar-refractivity contribution in [3.8, 4) is 0 Å². The van der Waals surface area contributed by atoms with Gasteiger partial charge in [-0.05, 0) is 59.8 Å². The first kappa shape index (κ1) is 22.9. The fraction of sp³-hybridized carbons (Fsp3) is 0.800. The molecule has 1 unspecified atom stereocenters. The van der Waals surface area contributed by atoms with E-state index in [1.165, 1.54) is 5.57 Å². The Hall–Kier alpha value is -1.17. The topological polar surface area (TPSA) is 64.6 Å². The molecular formula is C20H35NO4S. The second-order valence-electron chi connectivity index (χ2n) is 8.24. The molecule has 0 aliphatic heterocycles. The summed E-state index contributed by atoms with van der Waals surface area (Å²) < 4.78 is 10.5. The molecule has 0 bridgehead atoms. The van der Waals surface area contributed by atoms with E-state index in [0.717, 1.165) is 19.3 Å². The first-order valence-corrected chi connectivity index (χ1v) is 10.4. The molecule has 150 valence electrons. The molecule has 0 aromatic rings. The number of hydrogen-bond donors (Lipinski definition) is 1. The van der Waals surface area contributed by atoms with Gasteiger partial charge in [-0.1, -0.05) is 25.5 Å². The molecular weight excluding hydrogens is 350 g/mol. The number of nitrogens with one attached hydrogen (secondary N) is 1. The molecule has 1 rings (SSSR count). The molecule has 0 heterocycles. The molecule has 0 aromatic carbocycles. The number of carbonyl (C=O) groups is 2. The third-order valence-corrected chi connectivity index (χ3v) is 6.51. The number of alkyl carbamates (subject to hydrolysis) is 1. The molecule has 26 heavy (non-hydrogen) atoms. The highest BCUT2D eigenvalue weighted by atomic mass is 32.2. The fourth-order valence-corrected chi connectivity index (χ4v) is 4.39. The number of ether oxygens (including phenoxy) is 2. The summed E-state index contributed by atoms with van der Waals surface area (Å²) >= 11 is 1.76. The second kappa shape index (κ2) is 9.67. The van der Waals surface area contributed by atoms with E-state index in [1.54, 1.807) is 39.5 Å². The molecule has 0 radical (unpaired) electrons. The van der Waals surface area contributed by atoms with E-state index in [1.807, 2.05) is 0 Å². The second-order valence-corrected chi connectivity index (χ2v) is 9.67. The highest BCUT2D eigenvalue weighted by Gasteiger charge is 2.37. The van der Waals surface area contributed by atoms with Crippen molar-refractivity contribution in [2.24, 2.45) is 5.92 Å². The zero-order valence-corrected chi connectivity index (χ0v) is 18.1. The van der Waals surface area contributed by atoms with Gasteiger partial charge >= 0.3 is 12.1 Å². The van der Waals surface area contributed by atoms with Gasteiger partial charge in [0.15, 0.2) is 0 Å². The van der Waals surface area contributed by atoms with Crippen LogP contribution in [-0.2, 0) is 14.3 Å². The summed E-state index contributed by atoms with van der Waals surface area (Å²) in [4.78, 5) is 24.5. The number of allylic oxidation sites excluding steroid dienone is 2. The lowest BCUT2D eigenvalue weighted by Gasteiger charge is -2.40. The Labute approximate surface area is 162 Å². The van der Waals surface area contributed by atoms with Crippen molar-refractivity contribution < 1.29 is 19.1 Å². The van der Waals surface area contributed by atoms with Crippen LogP contribution in [0, 0.1) is 5.92 Å². The minimum absolute atomic E-state index is 0.0832. The highest BCUT2D eigenvalue weighted by Crippen LogP contribution is 2.44. The fourth-order valence-electron chi connectivity index (χ4n) is 2.89. The Morgan fingerprint density at radius 1 is 1.35 bits per heavy atom. The van der Waals surface area contributed by atoms with Crippen LogP contribution in [0.25, 0.3) is 0 Å². The van der Waals surface area contributed by atoms with Gasteiger partial charge in [0.25, 0.3) is 0 Å². The summed E-state index contributed by atoms with van der Waals surface area (Å²) in [6.45, 7) is 14.1. The van der Waals surface area contributed by atoms with E-state index < -0.39 is 23.7 Å². The van der Waals surface area contributed by atoms with E-state index in [-0.39, 0.29) is 11.4 Å². The van der Waals surface area contributed by atoms with Crippen molar-refractivity contribution in [2.45, 2.75) is 84.1 Å². The SMILES string of the molecule is CCOC(=O)[C@H](CSC1(C(C)C)CC=C(C)CC1)NC(=O)OC(C)(C)C. The third-order valence-electron chi connectivity index (χ3n) is 4.59. The van der Waals surface area contributed by atoms with Gasteiger partial charge in [0, 0.05) is 10.5 Å². The summed E-state index contributed by atoms with van der Waals surface area (Å²) in [5, 5.41) is 2.69. The zero-order chi connectivity index (χ0) is 20.0. The standard InChI is InChI=1S/C20H35NO4S/c1-8-24-17(22)16(21-18(23)25-19(5,6)7)13-26-20(14(2)3)11-9-15(4)10-12-20/h9,14,16H,8,10-13H2,1-7H3,(H,21,23)/t16-,20?/m0/s1. The number of rotatable bonds is 7. The molecule has 1 aliphatic carbocycles.